The fraction of sp³-hybridized carbons (Fsp3) is 0.471. The summed E-state index contributed by atoms with van der Waals surface area (Å²) in [5.41, 5.74) is 0.491. The van der Waals surface area contributed by atoms with E-state index in [9.17, 15) is 9.18 Å². The van der Waals surface area contributed by atoms with Crippen LogP contribution >= 0.6 is 0 Å². The van der Waals surface area contributed by atoms with Gasteiger partial charge in [-0.25, -0.2) is 4.39 Å². The van der Waals surface area contributed by atoms with Crippen molar-refractivity contribution in [3.63, 3.8) is 0 Å². The minimum absolute atomic E-state index is 0.0420. The van der Waals surface area contributed by atoms with Crippen LogP contribution in [0.5, 0.6) is 0 Å². The van der Waals surface area contributed by atoms with Crippen molar-refractivity contribution >= 4 is 5.91 Å². The Kier molecular flexibility index (Phi) is 5.77. The second-order valence-corrected chi connectivity index (χ2v) is 5.37. The molecule has 4 heteroatoms. The maximum absolute atomic E-state index is 13.9. The van der Waals surface area contributed by atoms with E-state index in [4.69, 9.17) is 5.11 Å². The molecule has 1 saturated carbocycles. The first kappa shape index (κ1) is 15.5. The van der Waals surface area contributed by atoms with E-state index in [-0.39, 0.29) is 18.1 Å². The van der Waals surface area contributed by atoms with Crippen molar-refractivity contribution in [3.05, 3.63) is 35.1 Å². The lowest BCUT2D eigenvalue weighted by Gasteiger charge is -2.21. The molecule has 1 aromatic rings. The molecule has 1 amide bonds. The number of nitrogens with one attached hydrogen (secondary N) is 1. The third-order valence-electron chi connectivity index (χ3n) is 3.80. The lowest BCUT2D eigenvalue weighted by Crippen LogP contribution is -2.30. The molecule has 0 aromatic heterocycles. The number of hydrogen-bond acceptors (Lipinski definition) is 2. The van der Waals surface area contributed by atoms with Crippen molar-refractivity contribution in [2.75, 3.05) is 13.2 Å². The molecule has 3 nitrogen and oxygen atoms in total. The quantitative estimate of drug-likeness (QED) is 0.840. The molecule has 0 saturated heterocycles. The highest BCUT2D eigenvalue weighted by Crippen LogP contribution is 2.22. The molecule has 0 spiro atoms. The van der Waals surface area contributed by atoms with Gasteiger partial charge < -0.3 is 10.4 Å². The summed E-state index contributed by atoms with van der Waals surface area (Å²) in [5.74, 6) is 4.62. The summed E-state index contributed by atoms with van der Waals surface area (Å²) in [6, 6.07) is 4.24. The summed E-state index contributed by atoms with van der Waals surface area (Å²) in [6.07, 6.45) is 5.98. The Morgan fingerprint density at radius 2 is 2.10 bits per heavy atom. The minimum Gasteiger partial charge on any atom is -0.384 e. The third kappa shape index (κ3) is 4.57. The van der Waals surface area contributed by atoms with E-state index in [0.29, 0.717) is 18.0 Å². The molecule has 0 unspecified atom stereocenters. The van der Waals surface area contributed by atoms with Gasteiger partial charge in [0.15, 0.2) is 0 Å². The van der Waals surface area contributed by atoms with E-state index in [0.717, 1.165) is 12.8 Å². The Balaban J connectivity index is 1.95. The highest BCUT2D eigenvalue weighted by atomic mass is 19.1. The van der Waals surface area contributed by atoms with Gasteiger partial charge in [0.2, 0.25) is 0 Å². The highest BCUT2D eigenvalue weighted by Gasteiger charge is 2.16. The van der Waals surface area contributed by atoms with Gasteiger partial charge in [-0.3, -0.25) is 4.79 Å². The Morgan fingerprint density at radius 3 is 2.76 bits per heavy atom. The van der Waals surface area contributed by atoms with E-state index in [1.54, 1.807) is 6.07 Å². The number of aliphatic hydroxyl groups excluding tert-OH is 1. The zero-order chi connectivity index (χ0) is 15.1. The minimum atomic E-state index is -0.583. The molecule has 1 aliphatic carbocycles. The Labute approximate surface area is 124 Å². The molecule has 1 aromatic carbocycles. The summed E-state index contributed by atoms with van der Waals surface area (Å²) in [4.78, 5) is 12.0. The number of aliphatic hydroxyl groups is 1. The third-order valence-corrected chi connectivity index (χ3v) is 3.80. The maximum Gasteiger partial charge on any atom is 0.254 e. The van der Waals surface area contributed by atoms with Gasteiger partial charge in [-0.1, -0.05) is 31.1 Å². The van der Waals surface area contributed by atoms with Crippen molar-refractivity contribution < 1.29 is 14.3 Å². The zero-order valence-electron chi connectivity index (χ0n) is 12.0. The Morgan fingerprint density at radius 1 is 1.33 bits per heavy atom. The van der Waals surface area contributed by atoms with E-state index < -0.39 is 5.82 Å². The second-order valence-electron chi connectivity index (χ2n) is 5.37. The van der Waals surface area contributed by atoms with Gasteiger partial charge >= 0.3 is 0 Å². The van der Waals surface area contributed by atoms with Crippen LogP contribution in [-0.4, -0.2) is 24.2 Å². The van der Waals surface area contributed by atoms with Gasteiger partial charge in [0, 0.05) is 12.1 Å². The van der Waals surface area contributed by atoms with Crippen LogP contribution in [0.1, 0.15) is 48.0 Å². The molecule has 0 heterocycles. The monoisotopic (exact) mass is 289 g/mol. The predicted molar refractivity (Wildman–Crippen MR) is 79.3 cm³/mol. The summed E-state index contributed by atoms with van der Waals surface area (Å²) >= 11 is 0. The van der Waals surface area contributed by atoms with Crippen LogP contribution in [0.3, 0.4) is 0 Å². The van der Waals surface area contributed by atoms with Crippen LogP contribution in [0.15, 0.2) is 18.2 Å². The Hall–Kier alpha value is -1.86. The molecule has 1 aliphatic rings. The van der Waals surface area contributed by atoms with Gasteiger partial charge in [-0.15, -0.1) is 0 Å². The molecule has 2 N–H and O–H groups in total. The highest BCUT2D eigenvalue weighted by molar-refractivity contribution is 5.94. The van der Waals surface area contributed by atoms with Crippen LogP contribution in [0.4, 0.5) is 4.39 Å². The van der Waals surface area contributed by atoms with Crippen molar-refractivity contribution in [2.45, 2.75) is 32.1 Å². The average molecular weight is 289 g/mol. The Bertz CT molecular complexity index is 554. The van der Waals surface area contributed by atoms with Crippen molar-refractivity contribution in [1.82, 2.24) is 5.32 Å². The normalized spacial score (nSPS) is 15.1. The topological polar surface area (TPSA) is 49.3 Å². The fourth-order valence-corrected chi connectivity index (χ4v) is 2.64. The van der Waals surface area contributed by atoms with E-state index in [2.05, 4.69) is 17.2 Å². The standard InChI is InChI=1S/C17H20FNO2/c18-16-11-13(7-4-10-20)8-9-15(16)17(21)19-12-14-5-2-1-3-6-14/h8-9,11,14,20H,1-3,5-6,10,12H2,(H,19,21). The van der Waals surface area contributed by atoms with E-state index in [1.807, 2.05) is 0 Å². The van der Waals surface area contributed by atoms with Crippen LogP contribution in [-0.2, 0) is 0 Å². The molecule has 2 rings (SSSR count). The number of amides is 1. The number of halogens is 1. The van der Waals surface area contributed by atoms with Gasteiger partial charge in [-0.2, -0.15) is 0 Å². The summed E-state index contributed by atoms with van der Waals surface area (Å²) < 4.78 is 13.9. The largest absolute Gasteiger partial charge is 0.384 e. The SMILES string of the molecule is O=C(NCC1CCCCC1)c1ccc(C#CCO)cc1F. The molecule has 0 bridgehead atoms. The van der Waals surface area contributed by atoms with Gasteiger partial charge in [0.25, 0.3) is 5.91 Å². The number of carbonyl (C=O) groups excluding carboxylic acids is 1. The van der Waals surface area contributed by atoms with Gasteiger partial charge in [0.1, 0.15) is 12.4 Å². The van der Waals surface area contributed by atoms with Crippen molar-refractivity contribution in [1.29, 1.82) is 0 Å². The lowest BCUT2D eigenvalue weighted by molar-refractivity contribution is 0.0939. The first-order valence-corrected chi connectivity index (χ1v) is 7.38. The molecule has 1 fully saturated rings. The smallest absolute Gasteiger partial charge is 0.254 e. The lowest BCUT2D eigenvalue weighted by atomic mass is 9.89. The van der Waals surface area contributed by atoms with Crippen LogP contribution in [0.2, 0.25) is 0 Å². The van der Waals surface area contributed by atoms with E-state index in [1.165, 1.54) is 31.4 Å². The molecule has 0 aliphatic heterocycles. The van der Waals surface area contributed by atoms with E-state index >= 15 is 0 Å². The maximum atomic E-state index is 13.9. The zero-order valence-corrected chi connectivity index (χ0v) is 12.0. The van der Waals surface area contributed by atoms with Crippen LogP contribution in [0.25, 0.3) is 0 Å². The number of benzene rings is 1. The predicted octanol–water partition coefficient (Wildman–Crippen LogP) is 2.48. The van der Waals surface area contributed by atoms with Gasteiger partial charge in [-0.05, 0) is 37.0 Å². The molecule has 0 radical (unpaired) electrons. The molecule has 0 atom stereocenters. The van der Waals surface area contributed by atoms with Crippen LogP contribution < -0.4 is 5.32 Å². The summed E-state index contributed by atoms with van der Waals surface area (Å²) in [7, 11) is 0. The van der Waals surface area contributed by atoms with Crippen molar-refractivity contribution in [3.8, 4) is 11.8 Å². The van der Waals surface area contributed by atoms with Gasteiger partial charge in [0.05, 0.1) is 5.56 Å². The fourth-order valence-electron chi connectivity index (χ4n) is 2.64. The number of carbonyl (C=O) groups is 1. The number of rotatable bonds is 3. The van der Waals surface area contributed by atoms with Crippen molar-refractivity contribution in [2.24, 2.45) is 5.92 Å². The van der Waals surface area contributed by atoms with Crippen LogP contribution in [0, 0.1) is 23.6 Å². The first-order valence-electron chi connectivity index (χ1n) is 7.38. The first-order chi connectivity index (χ1) is 10.2. The molecule has 112 valence electrons. The number of hydrogen-bond donors (Lipinski definition) is 2. The molecular weight excluding hydrogens is 269 g/mol. The summed E-state index contributed by atoms with van der Waals surface area (Å²) in [6.45, 7) is 0.343. The second kappa shape index (κ2) is 7.80. The molecule has 21 heavy (non-hydrogen) atoms. The molecular formula is C17H20FNO2. The summed E-state index contributed by atoms with van der Waals surface area (Å²) in [5, 5.41) is 11.4. The average Bonchev–Trinajstić information content (AvgIpc) is 2.51.